The van der Waals surface area contributed by atoms with Crippen LogP contribution in [0.3, 0.4) is 0 Å². The van der Waals surface area contributed by atoms with Crippen molar-refractivity contribution in [1.82, 2.24) is 4.90 Å². The first kappa shape index (κ1) is 9.21. The molecule has 0 unspecified atom stereocenters. The maximum atomic E-state index is 10.7. The molecule has 1 radical (unpaired) electrons. The van der Waals surface area contributed by atoms with Crippen molar-refractivity contribution in [1.29, 1.82) is 0 Å². The van der Waals surface area contributed by atoms with E-state index >= 15 is 0 Å². The van der Waals surface area contributed by atoms with Crippen LogP contribution in [0.1, 0.15) is 12.8 Å². The molecule has 45 valence electrons. The van der Waals surface area contributed by atoms with Crippen molar-refractivity contribution in [2.24, 2.45) is 0 Å². The summed E-state index contributed by atoms with van der Waals surface area (Å²) in [6.45, 7) is 4.36. The Kier molecular flexibility index (Phi) is 4.19. The first-order valence-corrected chi connectivity index (χ1v) is 2.76. The van der Waals surface area contributed by atoms with Crippen LogP contribution < -0.4 is 0 Å². The van der Waals surface area contributed by atoms with E-state index in [1.807, 2.05) is 0 Å². The maximum absolute atomic E-state index is 10.7. The molecule has 0 saturated carbocycles. The number of amides is 1. The summed E-state index contributed by atoms with van der Waals surface area (Å²) in [5, 5.41) is 0. The average molecular weight is 134 g/mol. The van der Waals surface area contributed by atoms with Gasteiger partial charge in [-0.15, -0.1) is 0 Å². The molecule has 1 saturated heterocycles. The predicted octanol–water partition coefficient (Wildman–Crippen LogP) is 0.371. The van der Waals surface area contributed by atoms with E-state index in [9.17, 15) is 4.79 Å². The van der Waals surface area contributed by atoms with Gasteiger partial charge in [0.25, 0.3) is 0 Å². The minimum Gasteiger partial charge on any atom is -0.320 e. The first-order chi connectivity index (χ1) is 3.84. The van der Waals surface area contributed by atoms with Crippen molar-refractivity contribution in [2.75, 3.05) is 6.54 Å². The van der Waals surface area contributed by atoms with Crippen LogP contribution in [0.25, 0.3) is 0 Å². The molecule has 1 aliphatic rings. The van der Waals surface area contributed by atoms with Gasteiger partial charge in [-0.25, -0.2) is 0 Å². The number of rotatable bonds is 1. The van der Waals surface area contributed by atoms with Gasteiger partial charge in [-0.1, -0.05) is 6.58 Å². The summed E-state index contributed by atoms with van der Waals surface area (Å²) < 4.78 is 0. The summed E-state index contributed by atoms with van der Waals surface area (Å²) in [4.78, 5) is 12.3. The van der Waals surface area contributed by atoms with Crippen molar-refractivity contribution >= 4 is 35.5 Å². The van der Waals surface area contributed by atoms with E-state index in [4.69, 9.17) is 0 Å². The van der Waals surface area contributed by atoms with Crippen LogP contribution in [0.5, 0.6) is 0 Å². The van der Waals surface area contributed by atoms with Crippen LogP contribution in [0.4, 0.5) is 0 Å². The molecule has 0 aromatic carbocycles. The van der Waals surface area contributed by atoms with Crippen LogP contribution in [-0.2, 0) is 4.79 Å². The van der Waals surface area contributed by atoms with Gasteiger partial charge in [0.2, 0.25) is 5.91 Å². The quantitative estimate of drug-likeness (QED) is 0.474. The number of hydrogen-bond donors (Lipinski definition) is 0. The summed E-state index contributed by atoms with van der Waals surface area (Å²) in [5.41, 5.74) is 0. The molecule has 0 spiro atoms. The summed E-state index contributed by atoms with van der Waals surface area (Å²) in [6, 6.07) is 0. The first-order valence-electron chi connectivity index (χ1n) is 2.76. The van der Waals surface area contributed by atoms with Crippen LogP contribution in [-0.4, -0.2) is 46.9 Å². The van der Waals surface area contributed by atoms with Crippen LogP contribution in [0, 0.1) is 0 Å². The van der Waals surface area contributed by atoms with E-state index in [1.54, 1.807) is 11.1 Å². The molecule has 0 aliphatic carbocycles. The Labute approximate surface area is 77.2 Å². The van der Waals surface area contributed by atoms with Gasteiger partial charge in [-0.3, -0.25) is 4.79 Å². The largest absolute Gasteiger partial charge is 0.320 e. The summed E-state index contributed by atoms with van der Waals surface area (Å²) >= 11 is 0. The Morgan fingerprint density at radius 2 is 2.33 bits per heavy atom. The van der Waals surface area contributed by atoms with Crippen molar-refractivity contribution in [2.45, 2.75) is 12.8 Å². The van der Waals surface area contributed by atoms with Crippen molar-refractivity contribution in [3.05, 3.63) is 12.8 Å². The van der Waals surface area contributed by atoms with Gasteiger partial charge in [0.1, 0.15) is 0 Å². The standard InChI is InChI=1S/C6H9NO.Na/c1-2-7-5-3-4-6(7)8;/h2H,1,3-5H2;. The molecule has 3 heteroatoms. The third-order valence-electron chi connectivity index (χ3n) is 1.33. The smallest absolute Gasteiger partial charge is 0.226 e. The van der Waals surface area contributed by atoms with Crippen molar-refractivity contribution in [3.8, 4) is 0 Å². The SMILES string of the molecule is C=CN1CCCC1=O.[Na]. The molecular weight excluding hydrogens is 125 g/mol. The van der Waals surface area contributed by atoms with E-state index in [0.717, 1.165) is 13.0 Å². The molecule has 1 aliphatic heterocycles. The van der Waals surface area contributed by atoms with Gasteiger partial charge in [0.05, 0.1) is 0 Å². The molecule has 2 nitrogen and oxygen atoms in total. The molecule has 0 atom stereocenters. The molecule has 9 heavy (non-hydrogen) atoms. The van der Waals surface area contributed by atoms with Crippen LogP contribution >= 0.6 is 0 Å². The fourth-order valence-corrected chi connectivity index (χ4v) is 0.862. The van der Waals surface area contributed by atoms with Gasteiger partial charge >= 0.3 is 0 Å². The fourth-order valence-electron chi connectivity index (χ4n) is 0.862. The molecule has 1 rings (SSSR count). The number of carbonyl (C=O) groups excluding carboxylic acids is 1. The zero-order valence-corrected chi connectivity index (χ0v) is 7.76. The Balaban J connectivity index is 0.000000640. The predicted molar refractivity (Wildman–Crippen MR) is 36.9 cm³/mol. The second-order valence-electron chi connectivity index (χ2n) is 1.87. The second-order valence-corrected chi connectivity index (χ2v) is 1.87. The molecule has 1 amide bonds. The Morgan fingerprint density at radius 3 is 2.56 bits per heavy atom. The Bertz CT molecular complexity index is 124. The van der Waals surface area contributed by atoms with Crippen molar-refractivity contribution < 1.29 is 4.79 Å². The van der Waals surface area contributed by atoms with Crippen LogP contribution in [0.15, 0.2) is 12.8 Å². The van der Waals surface area contributed by atoms with Gasteiger partial charge in [-0.2, -0.15) is 0 Å². The minimum absolute atomic E-state index is 0. The monoisotopic (exact) mass is 134 g/mol. The van der Waals surface area contributed by atoms with Crippen molar-refractivity contribution in [3.63, 3.8) is 0 Å². The van der Waals surface area contributed by atoms with E-state index in [-0.39, 0.29) is 35.5 Å². The van der Waals surface area contributed by atoms with Gasteiger partial charge < -0.3 is 4.90 Å². The topological polar surface area (TPSA) is 20.3 Å². The van der Waals surface area contributed by atoms with Crippen LogP contribution in [0.2, 0.25) is 0 Å². The third kappa shape index (κ3) is 2.12. The molecule has 0 bridgehead atoms. The number of nitrogens with zero attached hydrogens (tertiary/aromatic N) is 1. The third-order valence-corrected chi connectivity index (χ3v) is 1.33. The normalized spacial score (nSPS) is 17.3. The fraction of sp³-hybridized carbons (Fsp3) is 0.500. The second kappa shape index (κ2) is 4.09. The Morgan fingerprint density at radius 1 is 1.67 bits per heavy atom. The summed E-state index contributed by atoms with van der Waals surface area (Å²) in [7, 11) is 0. The number of hydrogen-bond acceptors (Lipinski definition) is 1. The average Bonchev–Trinajstić information content (AvgIpc) is 2.14. The molecule has 0 N–H and O–H groups in total. The van der Waals surface area contributed by atoms with E-state index < -0.39 is 0 Å². The molecule has 0 aromatic rings. The van der Waals surface area contributed by atoms with E-state index in [1.165, 1.54) is 0 Å². The van der Waals surface area contributed by atoms with Gasteiger partial charge in [0, 0.05) is 42.5 Å². The molecule has 1 heterocycles. The summed E-state index contributed by atoms with van der Waals surface area (Å²) in [5.74, 6) is 0.208. The zero-order valence-electron chi connectivity index (χ0n) is 5.76. The number of likely N-dealkylation sites (tertiary alicyclic amines) is 1. The maximum Gasteiger partial charge on any atom is 0.226 e. The molecule has 1 fully saturated rings. The summed E-state index contributed by atoms with van der Waals surface area (Å²) in [6.07, 6.45) is 3.28. The molecule has 0 aromatic heterocycles. The van der Waals surface area contributed by atoms with E-state index in [0.29, 0.717) is 6.42 Å². The zero-order chi connectivity index (χ0) is 5.98. The number of carbonyl (C=O) groups is 1. The molecular formula is C6H9NNaO. The Hall–Kier alpha value is 0.210. The van der Waals surface area contributed by atoms with Gasteiger partial charge in [-0.05, 0) is 12.6 Å². The van der Waals surface area contributed by atoms with Gasteiger partial charge in [0.15, 0.2) is 0 Å². The minimum atomic E-state index is 0. The van der Waals surface area contributed by atoms with E-state index in [2.05, 4.69) is 6.58 Å².